The number of hydrogen-bond donors (Lipinski definition) is 1. The lowest BCUT2D eigenvalue weighted by atomic mass is 10.2. The van der Waals surface area contributed by atoms with Crippen LogP contribution in [0.2, 0.25) is 5.02 Å². The fourth-order valence-corrected chi connectivity index (χ4v) is 2.48. The van der Waals surface area contributed by atoms with E-state index >= 15 is 0 Å². The summed E-state index contributed by atoms with van der Waals surface area (Å²) in [5.41, 5.74) is -0.0327. The summed E-state index contributed by atoms with van der Waals surface area (Å²) in [6.45, 7) is 0. The highest BCUT2D eigenvalue weighted by molar-refractivity contribution is 7.18. The molecule has 0 aliphatic carbocycles. The molecule has 0 amide bonds. The second-order valence-electron chi connectivity index (χ2n) is 2.65. The van der Waals surface area contributed by atoms with E-state index in [2.05, 4.69) is 0 Å². The van der Waals surface area contributed by atoms with Gasteiger partial charge >= 0.3 is 0 Å². The van der Waals surface area contributed by atoms with Gasteiger partial charge in [-0.1, -0.05) is 11.6 Å². The molecule has 4 nitrogen and oxygen atoms in total. The molecule has 0 fully saturated rings. The lowest BCUT2D eigenvalue weighted by molar-refractivity contribution is -0.382. The molecule has 0 bridgehead atoms. The van der Waals surface area contributed by atoms with Gasteiger partial charge in [0.2, 0.25) is 0 Å². The number of non-ortho nitro benzene ring substituents is 1. The first-order valence-corrected chi connectivity index (χ1v) is 4.90. The highest BCUT2D eigenvalue weighted by atomic mass is 35.5. The molecule has 72 valence electrons. The van der Waals surface area contributed by atoms with E-state index in [1.54, 1.807) is 0 Å². The van der Waals surface area contributed by atoms with E-state index in [0.717, 1.165) is 11.3 Å². The quantitative estimate of drug-likeness (QED) is 0.603. The van der Waals surface area contributed by atoms with Gasteiger partial charge in [-0.25, -0.2) is 0 Å². The predicted molar refractivity (Wildman–Crippen MR) is 55.2 cm³/mol. The maximum absolute atomic E-state index is 10.6. The van der Waals surface area contributed by atoms with Crippen LogP contribution in [0.3, 0.4) is 0 Å². The van der Waals surface area contributed by atoms with Crippen LogP contribution >= 0.6 is 22.9 Å². The van der Waals surface area contributed by atoms with Crippen molar-refractivity contribution in [3.05, 3.63) is 32.6 Å². The summed E-state index contributed by atoms with van der Waals surface area (Å²) in [6.07, 6.45) is 0. The van der Waals surface area contributed by atoms with Gasteiger partial charge < -0.3 is 5.11 Å². The van der Waals surface area contributed by atoms with E-state index in [9.17, 15) is 15.2 Å². The highest BCUT2D eigenvalue weighted by Crippen LogP contribution is 2.41. The smallest absolute Gasteiger partial charge is 0.287 e. The molecule has 0 aliphatic heterocycles. The molecule has 2 aromatic rings. The molecular formula is C8H4ClNO3S. The van der Waals surface area contributed by atoms with Crippen molar-refractivity contribution in [3.63, 3.8) is 0 Å². The van der Waals surface area contributed by atoms with Crippen molar-refractivity contribution in [1.82, 2.24) is 0 Å². The lowest BCUT2D eigenvalue weighted by Gasteiger charge is -1.96. The molecule has 1 aromatic carbocycles. The predicted octanol–water partition coefficient (Wildman–Crippen LogP) is 3.17. The number of thiophene rings is 1. The molecular weight excluding hydrogens is 226 g/mol. The molecule has 0 atom stereocenters. The molecule has 0 saturated carbocycles. The van der Waals surface area contributed by atoms with Gasteiger partial charge in [0.25, 0.3) is 5.69 Å². The molecule has 0 unspecified atom stereocenters. The second kappa shape index (κ2) is 3.11. The average Bonchev–Trinajstić information content (AvgIpc) is 2.49. The topological polar surface area (TPSA) is 63.4 Å². The normalized spacial score (nSPS) is 10.6. The Hall–Kier alpha value is -1.33. The van der Waals surface area contributed by atoms with Crippen molar-refractivity contribution in [2.24, 2.45) is 0 Å². The number of rotatable bonds is 1. The van der Waals surface area contributed by atoms with E-state index in [1.165, 1.54) is 17.5 Å². The Balaban J connectivity index is 2.90. The first-order valence-electron chi connectivity index (χ1n) is 3.64. The summed E-state index contributed by atoms with van der Waals surface area (Å²) in [7, 11) is 0. The van der Waals surface area contributed by atoms with Crippen molar-refractivity contribution in [1.29, 1.82) is 0 Å². The summed E-state index contributed by atoms with van der Waals surface area (Å²) < 4.78 is 0.403. The van der Waals surface area contributed by atoms with Gasteiger partial charge in [-0.3, -0.25) is 10.1 Å². The summed E-state index contributed by atoms with van der Waals surface area (Å²) in [4.78, 5) is 10.1. The third-order valence-electron chi connectivity index (χ3n) is 1.83. The van der Waals surface area contributed by atoms with Crippen molar-refractivity contribution >= 4 is 38.7 Å². The Morgan fingerprint density at radius 1 is 1.50 bits per heavy atom. The highest BCUT2D eigenvalue weighted by Gasteiger charge is 2.17. The lowest BCUT2D eigenvalue weighted by Crippen LogP contribution is -1.87. The van der Waals surface area contributed by atoms with Crippen LogP contribution in [0, 0.1) is 10.1 Å². The van der Waals surface area contributed by atoms with E-state index in [-0.39, 0.29) is 11.4 Å². The van der Waals surface area contributed by atoms with Crippen molar-refractivity contribution in [2.45, 2.75) is 0 Å². The van der Waals surface area contributed by atoms with Gasteiger partial charge in [0.05, 0.1) is 15.3 Å². The van der Waals surface area contributed by atoms with Crippen LogP contribution in [0.5, 0.6) is 5.75 Å². The van der Waals surface area contributed by atoms with Gasteiger partial charge in [-0.05, 0) is 6.07 Å². The number of nitrogens with zero attached hydrogens (tertiary/aromatic N) is 1. The number of halogens is 1. The van der Waals surface area contributed by atoms with Crippen LogP contribution in [0.1, 0.15) is 0 Å². The summed E-state index contributed by atoms with van der Waals surface area (Å²) in [5.74, 6) is -0.0151. The number of aromatic hydroxyl groups is 1. The fraction of sp³-hybridized carbons (Fsp3) is 0. The van der Waals surface area contributed by atoms with Crippen molar-refractivity contribution in [2.75, 3.05) is 0 Å². The minimum atomic E-state index is -0.491. The molecule has 1 aromatic heterocycles. The zero-order chi connectivity index (χ0) is 10.3. The van der Waals surface area contributed by atoms with Crippen LogP contribution in [-0.2, 0) is 0 Å². The molecule has 2 rings (SSSR count). The first kappa shape index (κ1) is 9.23. The first-order chi connectivity index (χ1) is 6.61. The zero-order valence-corrected chi connectivity index (χ0v) is 8.30. The number of nitro groups is 1. The Morgan fingerprint density at radius 2 is 2.21 bits per heavy atom. The second-order valence-corrected chi connectivity index (χ2v) is 3.94. The van der Waals surface area contributed by atoms with Gasteiger partial charge in [0.1, 0.15) is 10.4 Å². The number of fused-ring (bicyclic) bond motifs is 1. The van der Waals surface area contributed by atoms with Crippen LogP contribution in [0.15, 0.2) is 17.5 Å². The SMILES string of the molecule is O=[N+]([O-])c1ccc(Cl)c2c(O)csc12. The third kappa shape index (κ3) is 1.21. The molecule has 1 N–H and O–H groups in total. The monoisotopic (exact) mass is 229 g/mol. The van der Waals surface area contributed by atoms with E-state index in [0.29, 0.717) is 15.1 Å². The summed E-state index contributed by atoms with van der Waals surface area (Å²) in [6, 6.07) is 2.75. The Kier molecular flexibility index (Phi) is 2.05. The zero-order valence-electron chi connectivity index (χ0n) is 6.73. The van der Waals surface area contributed by atoms with Crippen LogP contribution in [0.4, 0.5) is 5.69 Å². The summed E-state index contributed by atoms with van der Waals surface area (Å²) in [5, 5.41) is 22.1. The van der Waals surface area contributed by atoms with E-state index in [4.69, 9.17) is 11.6 Å². The van der Waals surface area contributed by atoms with Crippen LogP contribution in [0.25, 0.3) is 10.1 Å². The minimum Gasteiger partial charge on any atom is -0.506 e. The maximum Gasteiger partial charge on any atom is 0.287 e. The average molecular weight is 230 g/mol. The Labute approximate surface area is 87.5 Å². The molecule has 0 saturated heterocycles. The maximum atomic E-state index is 10.6. The number of hydrogen-bond acceptors (Lipinski definition) is 4. The van der Waals surface area contributed by atoms with E-state index in [1.807, 2.05) is 0 Å². The van der Waals surface area contributed by atoms with Crippen LogP contribution < -0.4 is 0 Å². The number of benzene rings is 1. The van der Waals surface area contributed by atoms with Crippen molar-refractivity contribution in [3.8, 4) is 5.75 Å². The minimum absolute atomic E-state index is 0.0151. The standard InChI is InChI=1S/C8H4ClNO3S/c9-4-1-2-5(10(12)13)8-7(4)6(11)3-14-8/h1-3,11H. The molecule has 0 spiro atoms. The fourth-order valence-electron chi connectivity index (χ4n) is 1.22. The van der Waals surface area contributed by atoms with Crippen molar-refractivity contribution < 1.29 is 10.0 Å². The van der Waals surface area contributed by atoms with Gasteiger partial charge in [0, 0.05) is 11.4 Å². The molecule has 14 heavy (non-hydrogen) atoms. The Morgan fingerprint density at radius 3 is 2.86 bits per heavy atom. The third-order valence-corrected chi connectivity index (χ3v) is 3.13. The van der Waals surface area contributed by atoms with Gasteiger partial charge in [-0.2, -0.15) is 0 Å². The molecule has 0 aliphatic rings. The van der Waals surface area contributed by atoms with E-state index < -0.39 is 4.92 Å². The van der Waals surface area contributed by atoms with Gasteiger partial charge in [-0.15, -0.1) is 11.3 Å². The van der Waals surface area contributed by atoms with Gasteiger partial charge in [0.15, 0.2) is 0 Å². The molecule has 0 radical (unpaired) electrons. The summed E-state index contributed by atoms with van der Waals surface area (Å²) >= 11 is 6.91. The molecule has 6 heteroatoms. The Bertz CT molecular complexity index is 523. The largest absolute Gasteiger partial charge is 0.506 e. The number of nitro benzene ring substituents is 1. The molecule has 1 heterocycles. The van der Waals surface area contributed by atoms with Crippen LogP contribution in [-0.4, -0.2) is 10.0 Å².